The molecular formula is C3H3Cl4NO2. The largest absolute Gasteiger partial charge is 0.387 e. The zero-order chi connectivity index (χ0) is 8.36. The van der Waals surface area contributed by atoms with Crippen LogP contribution in [0, 0.1) is 10.1 Å². The van der Waals surface area contributed by atoms with Gasteiger partial charge < -0.3 is 0 Å². The summed E-state index contributed by atoms with van der Waals surface area (Å²) < 4.78 is -2.19. The van der Waals surface area contributed by atoms with Crippen molar-refractivity contribution in [1.29, 1.82) is 0 Å². The first-order chi connectivity index (χ1) is 4.42. The molecule has 0 bridgehead atoms. The Hall–Kier alpha value is 0.560. The predicted octanol–water partition coefficient (Wildman–Crippen LogP) is 2.24. The quantitative estimate of drug-likeness (QED) is 0.321. The van der Waals surface area contributed by atoms with E-state index >= 15 is 0 Å². The van der Waals surface area contributed by atoms with Crippen molar-refractivity contribution in [2.24, 2.45) is 0 Å². The highest BCUT2D eigenvalue weighted by Gasteiger charge is 2.45. The number of hydrogen-bond donors (Lipinski definition) is 0. The van der Waals surface area contributed by atoms with Gasteiger partial charge in [-0.25, -0.2) is 0 Å². The molecule has 0 aromatic carbocycles. The van der Waals surface area contributed by atoms with Crippen LogP contribution in [0.2, 0.25) is 0 Å². The van der Waals surface area contributed by atoms with Crippen molar-refractivity contribution in [2.75, 3.05) is 5.88 Å². The van der Waals surface area contributed by atoms with Crippen LogP contribution in [0.15, 0.2) is 0 Å². The van der Waals surface area contributed by atoms with Crippen molar-refractivity contribution in [3.63, 3.8) is 0 Å². The van der Waals surface area contributed by atoms with Crippen molar-refractivity contribution >= 4 is 46.4 Å². The molecular weight excluding hydrogens is 224 g/mol. The van der Waals surface area contributed by atoms with Crippen LogP contribution in [0.4, 0.5) is 0 Å². The van der Waals surface area contributed by atoms with E-state index in [1.54, 1.807) is 0 Å². The molecule has 0 radical (unpaired) electrons. The molecule has 10 heavy (non-hydrogen) atoms. The van der Waals surface area contributed by atoms with Crippen LogP contribution in [-0.2, 0) is 0 Å². The molecule has 0 saturated heterocycles. The summed E-state index contributed by atoms with van der Waals surface area (Å²) in [6.07, 6.45) is 0. The number of halogens is 4. The summed E-state index contributed by atoms with van der Waals surface area (Å²) in [6.45, 7) is 0. The van der Waals surface area contributed by atoms with Crippen LogP contribution >= 0.6 is 46.4 Å². The van der Waals surface area contributed by atoms with Crippen molar-refractivity contribution in [3.8, 4) is 0 Å². The van der Waals surface area contributed by atoms with E-state index in [0.717, 1.165) is 0 Å². The lowest BCUT2D eigenvalue weighted by molar-refractivity contribution is -0.514. The summed E-state index contributed by atoms with van der Waals surface area (Å²) in [7, 11) is 0. The summed E-state index contributed by atoms with van der Waals surface area (Å²) in [6, 6.07) is 0. The second kappa shape index (κ2) is 3.81. The zero-order valence-electron chi connectivity index (χ0n) is 4.56. The lowest BCUT2D eigenvalue weighted by Crippen LogP contribution is -2.36. The van der Waals surface area contributed by atoms with Gasteiger partial charge in [-0.3, -0.25) is 10.1 Å². The molecule has 0 N–H and O–H groups in total. The van der Waals surface area contributed by atoms with Gasteiger partial charge in [0.2, 0.25) is 0 Å². The minimum absolute atomic E-state index is 0.171. The fourth-order valence-electron chi connectivity index (χ4n) is 0.207. The highest BCUT2D eigenvalue weighted by molar-refractivity contribution is 6.51. The van der Waals surface area contributed by atoms with Gasteiger partial charge in [0.05, 0.1) is 4.92 Å². The van der Waals surface area contributed by atoms with Crippen LogP contribution < -0.4 is 0 Å². The summed E-state index contributed by atoms with van der Waals surface area (Å²) in [5.74, 6) is -0.171. The Bertz CT molecular complexity index is 138. The van der Waals surface area contributed by atoms with Crippen molar-refractivity contribution in [3.05, 3.63) is 10.1 Å². The summed E-state index contributed by atoms with van der Waals surface area (Å²) in [5.41, 5.74) is 0. The Morgan fingerprint density at radius 2 is 2.00 bits per heavy atom. The number of alkyl halides is 4. The number of hydrogen-bond acceptors (Lipinski definition) is 2. The molecule has 0 aromatic rings. The summed E-state index contributed by atoms with van der Waals surface area (Å²) in [5, 5.41) is 8.93. The van der Waals surface area contributed by atoms with Crippen molar-refractivity contribution < 1.29 is 4.92 Å². The number of nitrogens with zero attached hydrogens (tertiary/aromatic N) is 1. The van der Waals surface area contributed by atoms with Gasteiger partial charge in [-0.15, -0.1) is 23.2 Å². The van der Waals surface area contributed by atoms with Gasteiger partial charge in [0.25, 0.3) is 0 Å². The number of rotatable bonds is 3. The van der Waals surface area contributed by atoms with E-state index in [-0.39, 0.29) is 5.88 Å². The van der Waals surface area contributed by atoms with Gasteiger partial charge in [-0.1, -0.05) is 0 Å². The van der Waals surface area contributed by atoms with Gasteiger partial charge in [-0.2, -0.15) is 0 Å². The van der Waals surface area contributed by atoms with Crippen LogP contribution in [-0.4, -0.2) is 20.6 Å². The summed E-state index contributed by atoms with van der Waals surface area (Å²) in [4.78, 5) is 9.13. The Balaban J connectivity index is 4.23. The molecule has 0 fully saturated rings. The Kier molecular flexibility index (Phi) is 4.02. The second-order valence-corrected chi connectivity index (χ2v) is 3.65. The predicted molar refractivity (Wildman–Crippen MR) is 41.8 cm³/mol. The maximum Gasteiger partial charge on any atom is 0.387 e. The average molecular weight is 227 g/mol. The second-order valence-electron chi connectivity index (χ2n) is 1.47. The first-order valence-electron chi connectivity index (χ1n) is 2.15. The molecule has 0 amide bonds. The molecule has 60 valence electrons. The molecule has 0 heterocycles. The van der Waals surface area contributed by atoms with Crippen LogP contribution in [0.5, 0.6) is 0 Å². The van der Waals surface area contributed by atoms with E-state index in [0.29, 0.717) is 0 Å². The Morgan fingerprint density at radius 1 is 1.60 bits per heavy atom. The zero-order valence-corrected chi connectivity index (χ0v) is 7.58. The smallest absolute Gasteiger partial charge is 0.261 e. The molecule has 0 aromatic heterocycles. The van der Waals surface area contributed by atoms with E-state index in [1.165, 1.54) is 0 Å². The monoisotopic (exact) mass is 225 g/mol. The maximum atomic E-state index is 10.0. The third-order valence-electron chi connectivity index (χ3n) is 0.756. The highest BCUT2D eigenvalue weighted by atomic mass is 35.5. The first-order valence-corrected chi connectivity index (χ1v) is 3.88. The minimum Gasteiger partial charge on any atom is -0.261 e. The summed E-state index contributed by atoms with van der Waals surface area (Å²) >= 11 is 20.8. The standard InChI is InChI=1S/C3H3Cl4NO2/c4-1-2(5)3(6,7)8(9)10/h2H,1H2. The third kappa shape index (κ3) is 2.31. The molecule has 0 aliphatic heterocycles. The number of nitro groups is 1. The van der Waals surface area contributed by atoms with E-state index in [9.17, 15) is 10.1 Å². The molecule has 7 heteroatoms. The molecule has 0 aliphatic carbocycles. The topological polar surface area (TPSA) is 43.1 Å². The van der Waals surface area contributed by atoms with E-state index in [2.05, 4.69) is 0 Å². The van der Waals surface area contributed by atoms with Gasteiger partial charge in [0, 0.05) is 5.88 Å². The molecule has 1 atom stereocenters. The third-order valence-corrected chi connectivity index (χ3v) is 2.72. The van der Waals surface area contributed by atoms with E-state index < -0.39 is 14.8 Å². The molecule has 0 spiro atoms. The minimum atomic E-state index is -2.19. The average Bonchev–Trinajstić information content (AvgIpc) is 1.86. The molecule has 0 saturated carbocycles. The van der Waals surface area contributed by atoms with Gasteiger partial charge >= 0.3 is 4.46 Å². The van der Waals surface area contributed by atoms with Crippen LogP contribution in [0.3, 0.4) is 0 Å². The van der Waals surface area contributed by atoms with Gasteiger partial charge in [0.1, 0.15) is 5.38 Å². The molecule has 1 unspecified atom stereocenters. The lowest BCUT2D eigenvalue weighted by Gasteiger charge is -2.13. The van der Waals surface area contributed by atoms with Gasteiger partial charge in [-0.05, 0) is 23.2 Å². The van der Waals surface area contributed by atoms with Crippen molar-refractivity contribution in [2.45, 2.75) is 9.83 Å². The lowest BCUT2D eigenvalue weighted by atomic mass is 10.5. The van der Waals surface area contributed by atoms with E-state index in [1.807, 2.05) is 0 Å². The molecule has 0 aliphatic rings. The SMILES string of the molecule is O=[N+]([O-])C(Cl)(Cl)C(Cl)CCl. The van der Waals surface area contributed by atoms with Gasteiger partial charge in [0.15, 0.2) is 0 Å². The first kappa shape index (κ1) is 10.6. The van der Waals surface area contributed by atoms with E-state index in [4.69, 9.17) is 46.4 Å². The normalized spacial score (nSPS) is 14.8. The Morgan fingerprint density at radius 3 is 2.10 bits per heavy atom. The fourth-order valence-corrected chi connectivity index (χ4v) is 0.822. The van der Waals surface area contributed by atoms with Crippen molar-refractivity contribution in [1.82, 2.24) is 0 Å². The molecule has 3 nitrogen and oxygen atoms in total. The van der Waals surface area contributed by atoms with Crippen LogP contribution in [0.25, 0.3) is 0 Å². The Labute approximate surface area is 77.3 Å². The fraction of sp³-hybridized carbons (Fsp3) is 1.00. The highest BCUT2D eigenvalue weighted by Crippen LogP contribution is 2.30. The molecule has 0 rings (SSSR count). The van der Waals surface area contributed by atoms with Crippen LogP contribution in [0.1, 0.15) is 0 Å². The maximum absolute atomic E-state index is 10.0.